The molecule has 0 amide bonds. The second-order valence-corrected chi connectivity index (χ2v) is 4.44. The van der Waals surface area contributed by atoms with E-state index in [1.165, 1.54) is 11.1 Å². The summed E-state index contributed by atoms with van der Waals surface area (Å²) in [6.45, 7) is 3.24. The number of allylic oxidation sites excluding steroid dienone is 1. The van der Waals surface area contributed by atoms with Crippen molar-refractivity contribution >= 4 is 18.5 Å². The van der Waals surface area contributed by atoms with Gasteiger partial charge in [-0.1, -0.05) is 24.3 Å². The van der Waals surface area contributed by atoms with Gasteiger partial charge in [0.2, 0.25) is 0 Å². The molecule has 1 aromatic rings. The van der Waals surface area contributed by atoms with Crippen LogP contribution in [0.25, 0.3) is 6.08 Å². The van der Waals surface area contributed by atoms with Crippen LogP contribution in [0.5, 0.6) is 5.75 Å². The van der Waals surface area contributed by atoms with Gasteiger partial charge in [-0.2, -0.15) is 0 Å². The third kappa shape index (κ3) is 4.22. The Bertz CT molecular complexity index is 439. The molecule has 1 unspecified atom stereocenters. The number of nitrogens with one attached hydrogen (secondary N) is 1. The summed E-state index contributed by atoms with van der Waals surface area (Å²) in [5, 5.41) is 3.31. The average Bonchev–Trinajstić information content (AvgIpc) is 2.86. The summed E-state index contributed by atoms with van der Waals surface area (Å²) in [5.41, 5.74) is 2.58. The zero-order valence-electron chi connectivity index (χ0n) is 12.2. The Labute approximate surface area is 143 Å². The summed E-state index contributed by atoms with van der Waals surface area (Å²) in [7, 11) is 0. The summed E-state index contributed by atoms with van der Waals surface area (Å²) >= 11 is 0. The Morgan fingerprint density at radius 2 is 2.32 bits per heavy atom. The molecule has 1 N–H and O–H groups in total. The summed E-state index contributed by atoms with van der Waals surface area (Å²) in [4.78, 5) is 0. The molecule has 1 saturated heterocycles. The molecule has 1 atom stereocenters. The van der Waals surface area contributed by atoms with Gasteiger partial charge in [-0.05, 0) is 18.1 Å². The molecule has 0 aromatic heterocycles. The fourth-order valence-electron chi connectivity index (χ4n) is 2.31. The standard InChI is InChI=1S/C14H17NO2.ClH.Na.H/c1-3-11-4-2-6-14(13(11)5-1)17-10-12-9-15-7-8-16-12;;;/h1-4,6,12,15H,5,7-10H2;1H;;/q;;+1;-1. The zero-order chi connectivity index (χ0) is 11.5. The van der Waals surface area contributed by atoms with Gasteiger partial charge in [0, 0.05) is 18.7 Å². The number of fused-ring (bicyclic) bond motifs is 1. The fraction of sp³-hybridized carbons (Fsp3) is 0.429. The molecular weight excluding hydrogens is 273 g/mol. The molecule has 1 fully saturated rings. The third-order valence-electron chi connectivity index (χ3n) is 3.22. The van der Waals surface area contributed by atoms with Crippen LogP contribution in [-0.2, 0) is 11.2 Å². The number of hydrogen-bond donors (Lipinski definition) is 1. The van der Waals surface area contributed by atoms with Crippen molar-refractivity contribution in [3.8, 4) is 5.75 Å². The fourth-order valence-corrected chi connectivity index (χ4v) is 2.31. The normalized spacial score (nSPS) is 20.1. The first-order chi connectivity index (χ1) is 8.43. The molecule has 3 rings (SSSR count). The van der Waals surface area contributed by atoms with Crippen LogP contribution < -0.4 is 39.6 Å². The van der Waals surface area contributed by atoms with Gasteiger partial charge in [0.15, 0.2) is 0 Å². The van der Waals surface area contributed by atoms with Crippen LogP contribution in [0.1, 0.15) is 12.6 Å². The molecule has 5 heteroatoms. The van der Waals surface area contributed by atoms with E-state index in [2.05, 4.69) is 23.5 Å². The van der Waals surface area contributed by atoms with Crippen molar-refractivity contribution in [1.29, 1.82) is 0 Å². The summed E-state index contributed by atoms with van der Waals surface area (Å²) < 4.78 is 11.5. The SMILES string of the molecule is C1=Cc2cccc(OCC3CNCCO3)c2C1.Cl.[H-].[Na+]. The smallest absolute Gasteiger partial charge is 1.00 e. The maximum absolute atomic E-state index is 5.88. The van der Waals surface area contributed by atoms with E-state index in [4.69, 9.17) is 9.47 Å². The van der Waals surface area contributed by atoms with Crippen LogP contribution in [0.3, 0.4) is 0 Å². The molecule has 0 bridgehead atoms. The van der Waals surface area contributed by atoms with Crippen LogP contribution >= 0.6 is 12.4 Å². The van der Waals surface area contributed by atoms with E-state index in [-0.39, 0.29) is 49.5 Å². The zero-order valence-corrected chi connectivity index (χ0v) is 14.0. The van der Waals surface area contributed by atoms with E-state index in [1.54, 1.807) is 0 Å². The van der Waals surface area contributed by atoms with Gasteiger partial charge < -0.3 is 16.2 Å². The van der Waals surface area contributed by atoms with E-state index in [0.29, 0.717) is 6.61 Å². The molecule has 100 valence electrons. The van der Waals surface area contributed by atoms with Crippen LogP contribution in [-0.4, -0.2) is 32.4 Å². The van der Waals surface area contributed by atoms with Crippen molar-refractivity contribution in [3.63, 3.8) is 0 Å². The Kier molecular flexibility index (Phi) is 7.44. The van der Waals surface area contributed by atoms with Gasteiger partial charge in [0.1, 0.15) is 18.5 Å². The summed E-state index contributed by atoms with van der Waals surface area (Å²) in [6.07, 6.45) is 5.49. The molecule has 0 saturated carbocycles. The average molecular weight is 292 g/mol. The van der Waals surface area contributed by atoms with Crippen LogP contribution in [0.4, 0.5) is 0 Å². The first-order valence-corrected chi connectivity index (χ1v) is 6.17. The largest absolute Gasteiger partial charge is 1.00 e. The molecule has 0 radical (unpaired) electrons. The van der Waals surface area contributed by atoms with Gasteiger partial charge >= 0.3 is 29.6 Å². The van der Waals surface area contributed by atoms with Crippen molar-refractivity contribution in [2.75, 3.05) is 26.3 Å². The number of rotatable bonds is 3. The number of halogens is 1. The second kappa shape index (κ2) is 8.30. The first kappa shape index (κ1) is 17.0. The van der Waals surface area contributed by atoms with Crippen molar-refractivity contribution in [2.45, 2.75) is 12.5 Å². The topological polar surface area (TPSA) is 30.5 Å². The van der Waals surface area contributed by atoms with Crippen LogP contribution in [0.15, 0.2) is 24.3 Å². The minimum absolute atomic E-state index is 0. The van der Waals surface area contributed by atoms with E-state index in [1.807, 2.05) is 12.1 Å². The molecule has 1 aliphatic carbocycles. The van der Waals surface area contributed by atoms with Crippen molar-refractivity contribution in [2.24, 2.45) is 0 Å². The van der Waals surface area contributed by atoms with E-state index < -0.39 is 0 Å². The number of hydrogen-bond acceptors (Lipinski definition) is 3. The number of benzene rings is 1. The maximum Gasteiger partial charge on any atom is 1.00 e. The molecule has 19 heavy (non-hydrogen) atoms. The van der Waals surface area contributed by atoms with Crippen molar-refractivity contribution in [3.05, 3.63) is 35.4 Å². The van der Waals surface area contributed by atoms with Crippen LogP contribution in [0.2, 0.25) is 0 Å². The minimum atomic E-state index is 0. The monoisotopic (exact) mass is 291 g/mol. The van der Waals surface area contributed by atoms with Gasteiger partial charge in [0.05, 0.1) is 6.61 Å². The quantitative estimate of drug-likeness (QED) is 0.737. The third-order valence-corrected chi connectivity index (χ3v) is 3.22. The first-order valence-electron chi connectivity index (χ1n) is 6.17. The van der Waals surface area contributed by atoms with Crippen LogP contribution in [0, 0.1) is 0 Å². The van der Waals surface area contributed by atoms with Crippen molar-refractivity contribution < 1.29 is 40.5 Å². The van der Waals surface area contributed by atoms with Gasteiger partial charge in [0.25, 0.3) is 0 Å². The van der Waals surface area contributed by atoms with E-state index in [9.17, 15) is 0 Å². The van der Waals surface area contributed by atoms with Gasteiger partial charge in [-0.3, -0.25) is 0 Å². The molecule has 1 aliphatic heterocycles. The molecule has 3 nitrogen and oxygen atoms in total. The molecule has 0 spiro atoms. The Hall–Kier alpha value is -0.0300. The second-order valence-electron chi connectivity index (χ2n) is 4.44. The number of morpholine rings is 1. The van der Waals surface area contributed by atoms with E-state index in [0.717, 1.165) is 31.9 Å². The molecule has 2 aliphatic rings. The molecule has 1 aromatic carbocycles. The van der Waals surface area contributed by atoms with E-state index >= 15 is 0 Å². The van der Waals surface area contributed by atoms with Crippen molar-refractivity contribution in [1.82, 2.24) is 5.32 Å². The van der Waals surface area contributed by atoms with Gasteiger partial charge in [-0.15, -0.1) is 12.4 Å². The summed E-state index contributed by atoms with van der Waals surface area (Å²) in [6, 6.07) is 6.22. The summed E-state index contributed by atoms with van der Waals surface area (Å²) in [5.74, 6) is 1.00. The predicted molar refractivity (Wildman–Crippen MR) is 75.6 cm³/mol. The molecular formula is C14H19ClNNaO2. The predicted octanol–water partition coefficient (Wildman–Crippen LogP) is -0.839. The maximum atomic E-state index is 5.88. The number of ether oxygens (including phenoxy) is 2. The molecule has 1 heterocycles. The minimum Gasteiger partial charge on any atom is -1.00 e. The van der Waals surface area contributed by atoms with Gasteiger partial charge in [-0.25, -0.2) is 0 Å². The Morgan fingerprint density at radius 3 is 3.11 bits per heavy atom. The Morgan fingerprint density at radius 1 is 1.42 bits per heavy atom. The Balaban J connectivity index is 0.00000120.